The van der Waals surface area contributed by atoms with Crippen molar-refractivity contribution < 1.29 is 35.9 Å². The van der Waals surface area contributed by atoms with Gasteiger partial charge >= 0.3 is 6.09 Å². The molecule has 1 amide bonds. The molecule has 2 fully saturated rings. The zero-order valence-corrected chi connectivity index (χ0v) is 35.4. The molecule has 3 atom stereocenters. The number of hydrogen-bond donors (Lipinski definition) is 0. The van der Waals surface area contributed by atoms with Crippen LogP contribution in [0.5, 0.6) is 5.75 Å². The Morgan fingerprint density at radius 3 is 2.25 bits per heavy atom. The number of carbonyl (C=O) groups is 1. The van der Waals surface area contributed by atoms with E-state index in [1.54, 1.807) is 48.8 Å². The molecule has 2 saturated heterocycles. The minimum Gasteiger partial charge on any atom is -0.487 e. The Balaban J connectivity index is 1.48. The van der Waals surface area contributed by atoms with Crippen LogP contribution in [-0.2, 0) is 14.6 Å². The van der Waals surface area contributed by atoms with Gasteiger partial charge < -0.3 is 14.4 Å². The fourth-order valence-corrected chi connectivity index (χ4v) is 15.2. The number of ether oxygens (including phenoxy) is 2. The van der Waals surface area contributed by atoms with Crippen molar-refractivity contribution in [3.63, 3.8) is 0 Å². The van der Waals surface area contributed by atoms with E-state index in [0.717, 1.165) is 6.26 Å². The van der Waals surface area contributed by atoms with Gasteiger partial charge in [0.25, 0.3) is 0 Å². The molecule has 0 N–H and O–H groups in total. The van der Waals surface area contributed by atoms with Crippen LogP contribution in [-0.4, -0.2) is 80.6 Å². The van der Waals surface area contributed by atoms with Crippen molar-refractivity contribution in [3.8, 4) is 28.3 Å². The van der Waals surface area contributed by atoms with Crippen LogP contribution in [0.4, 0.5) is 23.8 Å². The summed E-state index contributed by atoms with van der Waals surface area (Å²) in [6.45, 7) is 18.3. The van der Waals surface area contributed by atoms with Gasteiger partial charge in [-0.15, -0.1) is 5.54 Å². The van der Waals surface area contributed by atoms with Crippen LogP contribution >= 0.6 is 0 Å². The van der Waals surface area contributed by atoms with Crippen molar-refractivity contribution >= 4 is 51.5 Å². The van der Waals surface area contributed by atoms with Gasteiger partial charge in [0.05, 0.1) is 34.6 Å². The lowest BCUT2D eigenvalue weighted by molar-refractivity contribution is 0.00538. The molecule has 0 unspecified atom stereocenters. The summed E-state index contributed by atoms with van der Waals surface area (Å²) in [5.74, 6) is 0.0187. The Bertz CT molecular complexity index is 2440. The second kappa shape index (κ2) is 13.9. The molecule has 7 rings (SSSR count). The Morgan fingerprint density at radius 2 is 1.62 bits per heavy atom. The summed E-state index contributed by atoms with van der Waals surface area (Å²) < 4.78 is 89.2. The first-order valence-corrected chi connectivity index (χ1v) is 23.4. The van der Waals surface area contributed by atoms with E-state index in [1.807, 2.05) is 0 Å². The molecular weight excluding hydrogens is 758 g/mol. The van der Waals surface area contributed by atoms with Gasteiger partial charge in [0.15, 0.2) is 17.4 Å². The molecule has 56 heavy (non-hydrogen) atoms. The first kappa shape index (κ1) is 39.9. The fourth-order valence-electron chi connectivity index (χ4n) is 9.52. The number of carbonyl (C=O) groups excluding carboxylic acids is 1. The predicted octanol–water partition coefficient (Wildman–Crippen LogP) is 9.19. The molecule has 0 saturated carbocycles. The third-order valence-corrected chi connectivity index (χ3v) is 19.0. The van der Waals surface area contributed by atoms with E-state index in [2.05, 4.69) is 63.0 Å². The minimum absolute atomic E-state index is 0.00545. The number of fused-ring (bicyclic) bond motifs is 6. The molecule has 2 bridgehead atoms. The number of rotatable bonds is 5. The highest BCUT2D eigenvalue weighted by Gasteiger charge is 2.52. The van der Waals surface area contributed by atoms with Gasteiger partial charge in [0.2, 0.25) is 15.0 Å². The molecular formula is C42H49F3N4O5SSi. The average molecular weight is 807 g/mol. The molecule has 14 heteroatoms. The topological polar surface area (TPSA) is 102 Å². The summed E-state index contributed by atoms with van der Waals surface area (Å²) in [7, 11) is -6.48. The van der Waals surface area contributed by atoms with Crippen LogP contribution in [0.1, 0.15) is 80.7 Å². The molecule has 1 aromatic heterocycles. The summed E-state index contributed by atoms with van der Waals surface area (Å²) in [5, 5.41) is -0.0208. The van der Waals surface area contributed by atoms with Crippen LogP contribution in [0, 0.1) is 28.9 Å². The number of halogens is 3. The average Bonchev–Trinajstić information content (AvgIpc) is 3.32. The molecule has 0 radical (unpaired) electrons. The number of amides is 1. The number of nitrogens with zero attached hydrogens (tertiary/aromatic N) is 4. The van der Waals surface area contributed by atoms with Crippen LogP contribution < -0.4 is 9.64 Å². The first-order chi connectivity index (χ1) is 26.2. The second-order valence-corrected chi connectivity index (χ2v) is 24.8. The van der Waals surface area contributed by atoms with E-state index in [0.29, 0.717) is 18.2 Å². The number of hydrogen-bond acceptors (Lipinski definition) is 8. The molecule has 298 valence electrons. The van der Waals surface area contributed by atoms with E-state index < -0.39 is 75.4 Å². The quantitative estimate of drug-likeness (QED) is 0.112. The maximum atomic E-state index is 17.4. The van der Waals surface area contributed by atoms with Gasteiger partial charge in [-0.2, -0.15) is 0 Å². The van der Waals surface area contributed by atoms with Crippen molar-refractivity contribution in [2.45, 2.75) is 121 Å². The van der Waals surface area contributed by atoms with E-state index in [9.17, 15) is 13.2 Å². The van der Waals surface area contributed by atoms with Gasteiger partial charge in [0, 0.05) is 18.2 Å². The maximum Gasteiger partial charge on any atom is 0.410 e. The highest BCUT2D eigenvalue weighted by atomic mass is 32.2. The van der Waals surface area contributed by atoms with Crippen molar-refractivity contribution in [1.82, 2.24) is 14.9 Å². The van der Waals surface area contributed by atoms with E-state index in [1.165, 1.54) is 12.1 Å². The van der Waals surface area contributed by atoms with E-state index >= 15 is 13.2 Å². The third-order valence-electron chi connectivity index (χ3n) is 11.9. The Hall–Kier alpha value is -4.35. The van der Waals surface area contributed by atoms with Crippen molar-refractivity contribution in [2.75, 3.05) is 24.3 Å². The van der Waals surface area contributed by atoms with Gasteiger partial charge in [-0.25, -0.2) is 36.4 Å². The normalized spacial score (nSPS) is 19.7. The Morgan fingerprint density at radius 1 is 0.946 bits per heavy atom. The third kappa shape index (κ3) is 6.39. The monoisotopic (exact) mass is 806 g/mol. The number of benzene rings is 3. The lowest BCUT2D eigenvalue weighted by Gasteiger charge is -2.46. The lowest BCUT2D eigenvalue weighted by atomic mass is 9.92. The highest BCUT2D eigenvalue weighted by molar-refractivity contribution is 7.90. The van der Waals surface area contributed by atoms with Gasteiger partial charge in [-0.3, -0.25) is 4.90 Å². The molecule has 4 aromatic rings. The molecule has 0 spiro atoms. The molecule has 3 aliphatic rings. The zero-order valence-electron chi connectivity index (χ0n) is 33.6. The SMILES string of the molecule is CC(C)[Si](C#Cc1c(F)ccc2cccc(-c3c(F)c4c5c(nc(S(C)(=O)=O)nc5c3F)N3C[C@H]5CC[C@@H]([C@H]3CO4)N5C(=O)OC(C)(C)C)c12)(C(C)C)C(C)C. The predicted molar refractivity (Wildman–Crippen MR) is 215 cm³/mol. The fraction of sp³-hybridized carbons (Fsp3) is 0.500. The van der Waals surface area contributed by atoms with Crippen molar-refractivity contribution in [2.24, 2.45) is 0 Å². The largest absolute Gasteiger partial charge is 0.487 e. The Kier molecular flexibility index (Phi) is 9.92. The molecule has 0 aliphatic carbocycles. The smallest absolute Gasteiger partial charge is 0.410 e. The summed E-state index contributed by atoms with van der Waals surface area (Å²) in [5.41, 5.74) is 2.62. The zero-order chi connectivity index (χ0) is 40.8. The number of sulfone groups is 1. The van der Waals surface area contributed by atoms with E-state index in [4.69, 9.17) is 9.47 Å². The molecule has 9 nitrogen and oxygen atoms in total. The highest BCUT2D eigenvalue weighted by Crippen LogP contribution is 2.49. The summed E-state index contributed by atoms with van der Waals surface area (Å²) in [4.78, 5) is 25.6. The molecule has 4 heterocycles. The first-order valence-electron chi connectivity index (χ1n) is 19.3. The van der Waals surface area contributed by atoms with Crippen LogP contribution in [0.25, 0.3) is 32.8 Å². The van der Waals surface area contributed by atoms with Crippen LogP contribution in [0.3, 0.4) is 0 Å². The minimum atomic E-state index is -4.11. The van der Waals surface area contributed by atoms with Gasteiger partial charge in [-0.05, 0) is 67.3 Å². The number of anilines is 1. The Labute approximate surface area is 327 Å². The van der Waals surface area contributed by atoms with Crippen molar-refractivity contribution in [3.05, 3.63) is 53.3 Å². The van der Waals surface area contributed by atoms with Gasteiger partial charge in [-0.1, -0.05) is 71.7 Å². The standard InChI is InChI=1S/C42H49F3N4O5SSi/c1-22(2)56(23(3)4,24(5)6)19-18-27-29(43)16-14-25-12-11-13-28(32(25)27)33-35(44)37-34-38(36(33)45)53-21-31-30-17-15-26(49(30)41(50)54-42(7,8)9)20-48(31)39(34)47-40(46-37)55(10,51)52/h11-14,16,22-24,26,30-31H,15,17,20-21H2,1-10H3/t26-,30+,31-/m1/s1. The summed E-state index contributed by atoms with van der Waals surface area (Å²) >= 11 is 0. The van der Waals surface area contributed by atoms with Crippen molar-refractivity contribution in [1.29, 1.82) is 0 Å². The van der Waals surface area contributed by atoms with Crippen LogP contribution in [0.2, 0.25) is 16.6 Å². The molecule has 3 aromatic carbocycles. The van der Waals surface area contributed by atoms with E-state index in [-0.39, 0.29) is 69.3 Å². The maximum absolute atomic E-state index is 17.4. The van der Waals surface area contributed by atoms with Gasteiger partial charge in [0.1, 0.15) is 37.4 Å². The molecule has 3 aliphatic heterocycles. The van der Waals surface area contributed by atoms with Crippen LogP contribution in [0.15, 0.2) is 35.5 Å². The number of piperazine rings is 1. The second-order valence-electron chi connectivity index (χ2n) is 17.3. The number of aromatic nitrogens is 2. The summed E-state index contributed by atoms with van der Waals surface area (Å²) in [6.07, 6.45) is 1.65. The summed E-state index contributed by atoms with van der Waals surface area (Å²) in [6, 6.07) is 6.33. The lowest BCUT2D eigenvalue weighted by Crippen LogP contribution is -2.63.